The number of nitrogens with one attached hydrogen (secondary N) is 1. The molecule has 1 aromatic heterocycles. The zero-order valence-electron chi connectivity index (χ0n) is 13.0. The molecule has 0 bridgehead atoms. The molecule has 1 fully saturated rings. The van der Waals surface area contributed by atoms with Crippen LogP contribution in [0.4, 0.5) is 5.13 Å². The SMILES string of the molecule is CNCc1sc(N2CCCC(N(C)C)C2)nc1COC. The third-order valence-corrected chi connectivity index (χ3v) is 4.94. The number of likely N-dealkylation sites (N-methyl/N-ethyl adjacent to an activating group) is 1. The second-order valence-corrected chi connectivity index (χ2v) is 6.60. The van der Waals surface area contributed by atoms with Gasteiger partial charge in [0.1, 0.15) is 0 Å². The molecular weight excluding hydrogens is 272 g/mol. The van der Waals surface area contributed by atoms with Crippen molar-refractivity contribution in [1.82, 2.24) is 15.2 Å². The van der Waals surface area contributed by atoms with Crippen LogP contribution < -0.4 is 10.2 Å². The first kappa shape index (κ1) is 15.7. The lowest BCUT2D eigenvalue weighted by molar-refractivity contribution is 0.181. The molecule has 6 heteroatoms. The van der Waals surface area contributed by atoms with Crippen molar-refractivity contribution < 1.29 is 4.74 Å². The van der Waals surface area contributed by atoms with Gasteiger partial charge >= 0.3 is 0 Å². The van der Waals surface area contributed by atoms with Crippen molar-refractivity contribution in [2.45, 2.75) is 32.0 Å². The van der Waals surface area contributed by atoms with Crippen molar-refractivity contribution >= 4 is 16.5 Å². The second-order valence-electron chi connectivity index (χ2n) is 5.54. The second kappa shape index (κ2) is 7.36. The molecule has 0 radical (unpaired) electrons. The smallest absolute Gasteiger partial charge is 0.185 e. The highest BCUT2D eigenvalue weighted by molar-refractivity contribution is 7.15. The van der Waals surface area contributed by atoms with Gasteiger partial charge in [0.2, 0.25) is 0 Å². The molecule has 1 saturated heterocycles. The van der Waals surface area contributed by atoms with E-state index in [4.69, 9.17) is 9.72 Å². The zero-order chi connectivity index (χ0) is 14.5. The number of piperidine rings is 1. The molecule has 20 heavy (non-hydrogen) atoms. The summed E-state index contributed by atoms with van der Waals surface area (Å²) in [5.74, 6) is 0. The molecule has 0 spiro atoms. The number of ether oxygens (including phenoxy) is 1. The topological polar surface area (TPSA) is 40.6 Å². The van der Waals surface area contributed by atoms with Crippen LogP contribution in [0.5, 0.6) is 0 Å². The molecule has 5 nitrogen and oxygen atoms in total. The lowest BCUT2D eigenvalue weighted by Crippen LogP contribution is -2.45. The van der Waals surface area contributed by atoms with E-state index in [0.29, 0.717) is 12.6 Å². The van der Waals surface area contributed by atoms with Crippen LogP contribution in [-0.4, -0.2) is 57.3 Å². The highest BCUT2D eigenvalue weighted by atomic mass is 32.1. The normalized spacial score (nSPS) is 19.9. The Morgan fingerprint density at radius 3 is 2.95 bits per heavy atom. The van der Waals surface area contributed by atoms with Crippen LogP contribution in [0.25, 0.3) is 0 Å². The Bertz CT molecular complexity index is 398. The van der Waals surface area contributed by atoms with Gasteiger partial charge in [0, 0.05) is 37.7 Å². The van der Waals surface area contributed by atoms with Crippen LogP contribution in [0, 0.1) is 0 Å². The van der Waals surface area contributed by atoms with Crippen LogP contribution in [0.3, 0.4) is 0 Å². The van der Waals surface area contributed by atoms with E-state index in [0.717, 1.165) is 30.5 Å². The summed E-state index contributed by atoms with van der Waals surface area (Å²) in [4.78, 5) is 10.8. The van der Waals surface area contributed by atoms with E-state index in [2.05, 4.69) is 29.2 Å². The van der Waals surface area contributed by atoms with Gasteiger partial charge in [-0.3, -0.25) is 0 Å². The molecule has 0 saturated carbocycles. The number of methoxy groups -OCH3 is 1. The molecule has 0 amide bonds. The first-order valence-corrected chi connectivity index (χ1v) is 8.00. The summed E-state index contributed by atoms with van der Waals surface area (Å²) in [6.45, 7) is 3.65. The van der Waals surface area contributed by atoms with Gasteiger partial charge in [0.25, 0.3) is 0 Å². The Kier molecular flexibility index (Phi) is 5.77. The van der Waals surface area contributed by atoms with Crippen LogP contribution >= 0.6 is 11.3 Å². The monoisotopic (exact) mass is 298 g/mol. The quantitative estimate of drug-likeness (QED) is 0.863. The predicted octanol–water partition coefficient (Wildman–Crippen LogP) is 1.54. The Hall–Kier alpha value is -0.690. The van der Waals surface area contributed by atoms with Gasteiger partial charge in [-0.1, -0.05) is 0 Å². The van der Waals surface area contributed by atoms with Crippen LogP contribution in [0.15, 0.2) is 0 Å². The van der Waals surface area contributed by atoms with Gasteiger partial charge in [-0.15, -0.1) is 11.3 Å². The molecule has 2 heterocycles. The van der Waals surface area contributed by atoms with Crippen molar-refractivity contribution in [2.24, 2.45) is 0 Å². The van der Waals surface area contributed by atoms with Crippen molar-refractivity contribution in [3.63, 3.8) is 0 Å². The number of thiazole rings is 1. The summed E-state index contributed by atoms with van der Waals surface area (Å²) in [6, 6.07) is 0.631. The lowest BCUT2D eigenvalue weighted by atomic mass is 10.1. The Morgan fingerprint density at radius 1 is 1.50 bits per heavy atom. The summed E-state index contributed by atoms with van der Waals surface area (Å²) in [5.41, 5.74) is 1.08. The van der Waals surface area contributed by atoms with Crippen molar-refractivity contribution in [3.8, 4) is 0 Å². The summed E-state index contributed by atoms with van der Waals surface area (Å²) in [6.07, 6.45) is 2.52. The third-order valence-electron chi connectivity index (χ3n) is 3.78. The average Bonchev–Trinajstić information content (AvgIpc) is 2.83. The lowest BCUT2D eigenvalue weighted by Gasteiger charge is -2.35. The maximum atomic E-state index is 5.26. The minimum Gasteiger partial charge on any atom is -0.378 e. The molecule has 2 rings (SSSR count). The minimum absolute atomic E-state index is 0.596. The Labute approximate surface area is 125 Å². The maximum absolute atomic E-state index is 5.26. The van der Waals surface area contributed by atoms with Gasteiger partial charge in [-0.2, -0.15) is 0 Å². The van der Waals surface area contributed by atoms with Gasteiger partial charge in [-0.05, 0) is 34.0 Å². The molecule has 1 aliphatic rings. The van der Waals surface area contributed by atoms with Gasteiger partial charge in [0.15, 0.2) is 5.13 Å². The fraction of sp³-hybridized carbons (Fsp3) is 0.786. The Morgan fingerprint density at radius 2 is 2.30 bits per heavy atom. The maximum Gasteiger partial charge on any atom is 0.185 e. The van der Waals surface area contributed by atoms with Crippen LogP contribution in [0.2, 0.25) is 0 Å². The van der Waals surface area contributed by atoms with Gasteiger partial charge in [0.05, 0.1) is 12.3 Å². The molecule has 1 aliphatic heterocycles. The van der Waals surface area contributed by atoms with Crippen molar-refractivity contribution in [1.29, 1.82) is 0 Å². The molecule has 0 aromatic carbocycles. The number of hydrogen-bond acceptors (Lipinski definition) is 6. The van der Waals surface area contributed by atoms with E-state index in [1.54, 1.807) is 18.4 Å². The minimum atomic E-state index is 0.596. The number of aromatic nitrogens is 1. The first-order chi connectivity index (χ1) is 9.65. The summed E-state index contributed by atoms with van der Waals surface area (Å²) in [5, 5.41) is 4.36. The fourth-order valence-corrected chi connectivity index (χ4v) is 3.71. The highest BCUT2D eigenvalue weighted by Gasteiger charge is 2.24. The van der Waals surface area contributed by atoms with Crippen molar-refractivity contribution in [2.75, 3.05) is 46.2 Å². The van der Waals surface area contributed by atoms with E-state index >= 15 is 0 Å². The average molecular weight is 298 g/mol. The largest absolute Gasteiger partial charge is 0.378 e. The third kappa shape index (κ3) is 3.69. The fourth-order valence-electron chi connectivity index (χ4n) is 2.60. The standard InChI is InChI=1S/C14H26N4OS/c1-15-8-13-12(10-19-4)16-14(20-13)18-7-5-6-11(9-18)17(2)3/h11,15H,5-10H2,1-4H3. The van der Waals surface area contributed by atoms with E-state index in [1.165, 1.54) is 17.7 Å². The van der Waals surface area contributed by atoms with E-state index in [9.17, 15) is 0 Å². The summed E-state index contributed by atoms with van der Waals surface area (Å²) >= 11 is 1.80. The number of anilines is 1. The summed E-state index contributed by atoms with van der Waals surface area (Å²) < 4.78 is 5.26. The van der Waals surface area contributed by atoms with Gasteiger partial charge < -0.3 is 19.9 Å². The molecule has 114 valence electrons. The molecule has 0 aliphatic carbocycles. The Balaban J connectivity index is 2.12. The van der Waals surface area contributed by atoms with E-state index < -0.39 is 0 Å². The number of nitrogens with zero attached hydrogens (tertiary/aromatic N) is 3. The molecular formula is C14H26N4OS. The van der Waals surface area contributed by atoms with Gasteiger partial charge in [-0.25, -0.2) is 4.98 Å². The van der Waals surface area contributed by atoms with E-state index in [1.807, 2.05) is 7.05 Å². The van der Waals surface area contributed by atoms with Crippen molar-refractivity contribution in [3.05, 3.63) is 10.6 Å². The molecule has 1 N–H and O–H groups in total. The van der Waals surface area contributed by atoms with Crippen LogP contribution in [0.1, 0.15) is 23.4 Å². The highest BCUT2D eigenvalue weighted by Crippen LogP contribution is 2.29. The van der Waals surface area contributed by atoms with E-state index in [-0.39, 0.29) is 0 Å². The molecule has 1 atom stereocenters. The molecule has 1 unspecified atom stereocenters. The van der Waals surface area contributed by atoms with Crippen LogP contribution in [-0.2, 0) is 17.9 Å². The summed E-state index contributed by atoms with van der Waals surface area (Å²) in [7, 11) is 8.03. The number of hydrogen-bond donors (Lipinski definition) is 1. The molecule has 1 aromatic rings. The zero-order valence-corrected chi connectivity index (χ0v) is 13.8. The number of rotatable bonds is 6. The first-order valence-electron chi connectivity index (χ1n) is 7.19. The predicted molar refractivity (Wildman–Crippen MR) is 84.5 cm³/mol.